The number of hydrogen-bond donors (Lipinski definition) is 0. The number of carbonyl (C=O) groups is 3. The second kappa shape index (κ2) is 10.5. The zero-order valence-electron chi connectivity index (χ0n) is 17.6. The molecule has 0 aromatic heterocycles. The number of esters is 1. The van der Waals surface area contributed by atoms with Gasteiger partial charge in [-0.05, 0) is 84.1 Å². The topological polar surface area (TPSA) is 72.9 Å². The number of thioether (sulfide) groups is 1. The van der Waals surface area contributed by atoms with Crippen LogP contribution < -0.4 is 9.47 Å². The molecule has 1 saturated heterocycles. The molecule has 6 nitrogen and oxygen atoms in total. The monoisotopic (exact) mass is 497 g/mol. The number of rotatable bonds is 7. The van der Waals surface area contributed by atoms with Crippen molar-refractivity contribution in [3.05, 3.63) is 99.7 Å². The second-order valence-corrected chi connectivity index (χ2v) is 8.53. The van der Waals surface area contributed by atoms with Crippen LogP contribution in [0.2, 0.25) is 5.02 Å². The highest BCUT2D eigenvalue weighted by Crippen LogP contribution is 2.32. The highest BCUT2D eigenvalue weighted by atomic mass is 35.5. The first kappa shape index (κ1) is 23.5. The molecule has 1 aliphatic rings. The number of halogens is 2. The lowest BCUT2D eigenvalue weighted by Crippen LogP contribution is -2.32. The highest BCUT2D eigenvalue weighted by molar-refractivity contribution is 8.18. The van der Waals surface area contributed by atoms with E-state index in [9.17, 15) is 18.8 Å². The van der Waals surface area contributed by atoms with Crippen molar-refractivity contribution < 1.29 is 28.2 Å². The molecule has 1 heterocycles. The highest BCUT2D eigenvalue weighted by Gasteiger charge is 2.34. The SMILES string of the molecule is O=C(Oc1ccc(/C=C2\SC(=O)N(CCOc3ccc(Cl)cc3)C2=O)cc1)c1ccc(F)cc1. The number of hydrogen-bond acceptors (Lipinski definition) is 6. The first-order valence-electron chi connectivity index (χ1n) is 10.1. The van der Waals surface area contributed by atoms with Gasteiger partial charge in [-0.25, -0.2) is 9.18 Å². The minimum absolute atomic E-state index is 0.114. The van der Waals surface area contributed by atoms with Gasteiger partial charge in [0.1, 0.15) is 23.9 Å². The van der Waals surface area contributed by atoms with Gasteiger partial charge >= 0.3 is 5.97 Å². The molecule has 0 radical (unpaired) electrons. The van der Waals surface area contributed by atoms with E-state index in [0.717, 1.165) is 16.7 Å². The van der Waals surface area contributed by atoms with Crippen molar-refractivity contribution in [2.24, 2.45) is 0 Å². The summed E-state index contributed by atoms with van der Waals surface area (Å²) in [5.41, 5.74) is 0.878. The Bertz CT molecular complexity index is 1240. The molecule has 1 aliphatic heterocycles. The summed E-state index contributed by atoms with van der Waals surface area (Å²) in [5, 5.41) is 0.211. The van der Waals surface area contributed by atoms with Crippen molar-refractivity contribution in [3.8, 4) is 11.5 Å². The van der Waals surface area contributed by atoms with Crippen LogP contribution in [0.5, 0.6) is 11.5 Å². The molecule has 1 fully saturated rings. The molecule has 3 aromatic carbocycles. The van der Waals surface area contributed by atoms with Crippen molar-refractivity contribution in [2.75, 3.05) is 13.2 Å². The molecule has 0 unspecified atom stereocenters. The van der Waals surface area contributed by atoms with E-state index in [1.165, 1.54) is 24.3 Å². The maximum Gasteiger partial charge on any atom is 0.343 e. The average Bonchev–Trinajstić information content (AvgIpc) is 3.09. The van der Waals surface area contributed by atoms with Crippen molar-refractivity contribution >= 4 is 46.6 Å². The molecule has 0 N–H and O–H groups in total. The van der Waals surface area contributed by atoms with Gasteiger partial charge in [0, 0.05) is 5.02 Å². The molecular formula is C25H17ClFNO5S. The Kier molecular flexibility index (Phi) is 7.30. The van der Waals surface area contributed by atoms with Gasteiger partial charge in [-0.1, -0.05) is 23.7 Å². The van der Waals surface area contributed by atoms with E-state index in [-0.39, 0.29) is 28.9 Å². The van der Waals surface area contributed by atoms with E-state index in [0.29, 0.717) is 22.1 Å². The summed E-state index contributed by atoms with van der Waals surface area (Å²) in [5.74, 6) is -0.582. The first-order valence-corrected chi connectivity index (χ1v) is 11.3. The van der Waals surface area contributed by atoms with Gasteiger partial charge in [0.15, 0.2) is 0 Å². The van der Waals surface area contributed by atoms with Crippen molar-refractivity contribution in [1.82, 2.24) is 4.90 Å². The van der Waals surface area contributed by atoms with E-state index >= 15 is 0 Å². The fourth-order valence-corrected chi connectivity index (χ4v) is 4.00. The first-order chi connectivity index (χ1) is 16.4. The zero-order valence-corrected chi connectivity index (χ0v) is 19.1. The number of imide groups is 1. The third-order valence-corrected chi connectivity index (χ3v) is 5.90. The Morgan fingerprint density at radius 1 is 0.941 bits per heavy atom. The van der Waals surface area contributed by atoms with E-state index < -0.39 is 17.7 Å². The molecule has 0 bridgehead atoms. The fraction of sp³-hybridized carbons (Fsp3) is 0.0800. The number of ether oxygens (including phenoxy) is 2. The van der Waals surface area contributed by atoms with Gasteiger partial charge < -0.3 is 9.47 Å². The molecule has 4 rings (SSSR count). The van der Waals surface area contributed by atoms with E-state index in [2.05, 4.69) is 0 Å². The summed E-state index contributed by atoms with van der Waals surface area (Å²) in [6.07, 6.45) is 1.59. The molecule has 0 spiro atoms. The van der Waals surface area contributed by atoms with Gasteiger partial charge in [0.25, 0.3) is 11.1 Å². The number of amides is 2. The van der Waals surface area contributed by atoms with Crippen molar-refractivity contribution in [2.45, 2.75) is 0 Å². The van der Waals surface area contributed by atoms with E-state index in [1.807, 2.05) is 0 Å². The van der Waals surface area contributed by atoms with Crippen LogP contribution in [-0.4, -0.2) is 35.2 Å². The second-order valence-electron chi connectivity index (χ2n) is 7.10. The van der Waals surface area contributed by atoms with E-state index in [1.54, 1.807) is 54.6 Å². The molecule has 0 saturated carbocycles. The lowest BCUT2D eigenvalue weighted by molar-refractivity contribution is -0.123. The fourth-order valence-electron chi connectivity index (χ4n) is 3.01. The Morgan fingerprint density at radius 3 is 2.26 bits per heavy atom. The molecule has 9 heteroatoms. The smallest absolute Gasteiger partial charge is 0.343 e. The van der Waals surface area contributed by atoms with E-state index in [4.69, 9.17) is 21.1 Å². The van der Waals surface area contributed by atoms with Crippen LogP contribution in [-0.2, 0) is 4.79 Å². The summed E-state index contributed by atoms with van der Waals surface area (Å²) in [7, 11) is 0. The van der Waals surface area contributed by atoms with Gasteiger partial charge in [-0.2, -0.15) is 0 Å². The number of nitrogens with zero attached hydrogens (tertiary/aromatic N) is 1. The van der Waals surface area contributed by atoms with Crippen molar-refractivity contribution in [3.63, 3.8) is 0 Å². The third-order valence-electron chi connectivity index (χ3n) is 4.74. The van der Waals surface area contributed by atoms with Crippen LogP contribution in [0.3, 0.4) is 0 Å². The maximum absolute atomic E-state index is 13.0. The number of carbonyl (C=O) groups excluding carboxylic acids is 3. The number of benzene rings is 3. The van der Waals surface area contributed by atoms with Gasteiger partial charge in [0.2, 0.25) is 0 Å². The van der Waals surface area contributed by atoms with Crippen LogP contribution in [0, 0.1) is 5.82 Å². The Balaban J connectivity index is 1.34. The Labute approximate surface area is 203 Å². The predicted molar refractivity (Wildman–Crippen MR) is 127 cm³/mol. The molecule has 172 valence electrons. The minimum atomic E-state index is -0.616. The van der Waals surface area contributed by atoms with Crippen LogP contribution in [0.25, 0.3) is 6.08 Å². The maximum atomic E-state index is 13.0. The van der Waals surface area contributed by atoms with Gasteiger partial charge in [-0.3, -0.25) is 14.5 Å². The Morgan fingerprint density at radius 2 is 1.59 bits per heavy atom. The molecule has 2 amide bonds. The largest absolute Gasteiger partial charge is 0.492 e. The van der Waals surface area contributed by atoms with Crippen LogP contribution in [0.1, 0.15) is 15.9 Å². The quantitative estimate of drug-likeness (QED) is 0.233. The molecule has 3 aromatic rings. The lowest BCUT2D eigenvalue weighted by Gasteiger charge is -2.13. The van der Waals surface area contributed by atoms with Crippen LogP contribution in [0.4, 0.5) is 9.18 Å². The molecule has 34 heavy (non-hydrogen) atoms. The van der Waals surface area contributed by atoms with Gasteiger partial charge in [-0.15, -0.1) is 0 Å². The Hall–Kier alpha value is -3.62. The summed E-state index contributed by atoms with van der Waals surface area (Å²) in [4.78, 5) is 38.5. The molecular weight excluding hydrogens is 481 g/mol. The standard InChI is InChI=1S/C25H17ClFNO5S/c26-18-5-11-20(12-6-18)32-14-13-28-23(29)22(34-25(28)31)15-16-1-9-21(10-2-16)33-24(30)17-3-7-19(27)8-4-17/h1-12,15H,13-14H2/b22-15-. The third kappa shape index (κ3) is 5.84. The summed E-state index contributed by atoms with van der Waals surface area (Å²) < 4.78 is 23.8. The normalized spacial score (nSPS) is 14.5. The molecule has 0 atom stereocenters. The van der Waals surface area contributed by atoms with Crippen LogP contribution >= 0.6 is 23.4 Å². The summed E-state index contributed by atoms with van der Waals surface area (Å²) in [6, 6.07) is 18.3. The molecule has 0 aliphatic carbocycles. The van der Waals surface area contributed by atoms with Crippen LogP contribution in [0.15, 0.2) is 77.7 Å². The zero-order chi connectivity index (χ0) is 24.1. The summed E-state index contributed by atoms with van der Waals surface area (Å²) in [6.45, 7) is 0.268. The lowest BCUT2D eigenvalue weighted by atomic mass is 10.2. The predicted octanol–water partition coefficient (Wildman–Crippen LogP) is 5.81. The minimum Gasteiger partial charge on any atom is -0.492 e. The average molecular weight is 498 g/mol. The summed E-state index contributed by atoms with van der Waals surface area (Å²) >= 11 is 6.68. The van der Waals surface area contributed by atoms with Gasteiger partial charge in [0.05, 0.1) is 17.0 Å². The van der Waals surface area contributed by atoms with Crippen molar-refractivity contribution in [1.29, 1.82) is 0 Å².